The standard InChI is InChI=1S/C29H26O8/c1-3-27(30)36-20-19-35-25-11-5-21(6-12-25)22-7-15-26(16-8-22)37-29(32)23-9-13-24(14-10-23)34-18-17-28(31)33-4-2/h3-16H,1-2,17-20H2. The molecule has 0 aliphatic rings. The van der Waals surface area contributed by atoms with Gasteiger partial charge in [-0.2, -0.15) is 0 Å². The largest absolute Gasteiger partial charge is 0.493 e. The van der Waals surface area contributed by atoms with Gasteiger partial charge in [0.15, 0.2) is 0 Å². The molecule has 3 aromatic carbocycles. The molecule has 0 saturated carbocycles. The number of hydrogen-bond acceptors (Lipinski definition) is 8. The normalized spacial score (nSPS) is 10.1. The lowest BCUT2D eigenvalue weighted by Gasteiger charge is -2.09. The Hall–Kier alpha value is -4.85. The highest BCUT2D eigenvalue weighted by molar-refractivity contribution is 5.91. The Balaban J connectivity index is 1.48. The quantitative estimate of drug-likeness (QED) is 0.104. The molecule has 0 N–H and O–H groups in total. The number of benzene rings is 3. The monoisotopic (exact) mass is 502 g/mol. The zero-order valence-electron chi connectivity index (χ0n) is 20.1. The third kappa shape index (κ3) is 8.70. The number of hydrogen-bond donors (Lipinski definition) is 0. The van der Waals surface area contributed by atoms with E-state index in [4.69, 9.17) is 18.9 Å². The molecule has 0 amide bonds. The summed E-state index contributed by atoms with van der Waals surface area (Å²) >= 11 is 0. The molecule has 37 heavy (non-hydrogen) atoms. The van der Waals surface area contributed by atoms with Crippen LogP contribution >= 0.6 is 0 Å². The summed E-state index contributed by atoms with van der Waals surface area (Å²) < 4.78 is 25.9. The van der Waals surface area contributed by atoms with Crippen LogP contribution in [0.25, 0.3) is 11.1 Å². The van der Waals surface area contributed by atoms with Crippen LogP contribution in [-0.2, 0) is 19.1 Å². The second kappa shape index (κ2) is 13.9. The summed E-state index contributed by atoms with van der Waals surface area (Å²) in [6.07, 6.45) is 2.25. The fraction of sp³-hybridized carbons (Fsp3) is 0.138. The van der Waals surface area contributed by atoms with E-state index < -0.39 is 17.9 Å². The van der Waals surface area contributed by atoms with Crippen molar-refractivity contribution in [3.05, 3.63) is 104 Å². The Morgan fingerprint density at radius 2 is 1.22 bits per heavy atom. The number of esters is 3. The summed E-state index contributed by atoms with van der Waals surface area (Å²) in [6.45, 7) is 7.17. The summed E-state index contributed by atoms with van der Waals surface area (Å²) in [6, 6.07) is 21.0. The SMILES string of the molecule is C=COC(=O)CCOc1ccc(C(=O)Oc2ccc(-c3ccc(OCCOC(=O)C=C)cc3)cc2)cc1. The van der Waals surface area contributed by atoms with Crippen LogP contribution in [0.4, 0.5) is 0 Å². The first kappa shape index (κ1) is 26.7. The smallest absolute Gasteiger partial charge is 0.343 e. The van der Waals surface area contributed by atoms with Crippen molar-refractivity contribution >= 4 is 17.9 Å². The number of rotatable bonds is 13. The Morgan fingerprint density at radius 3 is 1.78 bits per heavy atom. The van der Waals surface area contributed by atoms with Crippen molar-refractivity contribution in [2.24, 2.45) is 0 Å². The molecule has 0 unspecified atom stereocenters. The van der Waals surface area contributed by atoms with Crippen molar-refractivity contribution in [3.8, 4) is 28.4 Å². The molecule has 0 bridgehead atoms. The van der Waals surface area contributed by atoms with E-state index in [-0.39, 0.29) is 26.2 Å². The van der Waals surface area contributed by atoms with Gasteiger partial charge in [0.05, 0.1) is 24.9 Å². The second-order valence-electron chi connectivity index (χ2n) is 7.44. The lowest BCUT2D eigenvalue weighted by atomic mass is 10.1. The van der Waals surface area contributed by atoms with Crippen LogP contribution in [-0.4, -0.2) is 37.7 Å². The fourth-order valence-corrected chi connectivity index (χ4v) is 3.08. The van der Waals surface area contributed by atoms with Crippen LogP contribution < -0.4 is 14.2 Å². The van der Waals surface area contributed by atoms with Crippen molar-refractivity contribution < 1.29 is 38.1 Å². The summed E-state index contributed by atoms with van der Waals surface area (Å²) in [5.74, 6) is 0.138. The molecule has 0 saturated heterocycles. The molecule has 0 aromatic heterocycles. The Morgan fingerprint density at radius 1 is 0.676 bits per heavy atom. The minimum Gasteiger partial charge on any atom is -0.493 e. The van der Waals surface area contributed by atoms with Gasteiger partial charge in [-0.3, -0.25) is 4.79 Å². The van der Waals surface area contributed by atoms with Gasteiger partial charge in [-0.1, -0.05) is 37.4 Å². The second-order valence-corrected chi connectivity index (χ2v) is 7.44. The van der Waals surface area contributed by atoms with Gasteiger partial charge < -0.3 is 23.7 Å². The maximum atomic E-state index is 12.5. The average Bonchev–Trinajstić information content (AvgIpc) is 2.92. The Kier molecular flexibility index (Phi) is 10.0. The van der Waals surface area contributed by atoms with Crippen molar-refractivity contribution in [2.45, 2.75) is 6.42 Å². The zero-order valence-corrected chi connectivity index (χ0v) is 20.1. The highest BCUT2D eigenvalue weighted by Gasteiger charge is 2.10. The van der Waals surface area contributed by atoms with E-state index in [2.05, 4.69) is 17.9 Å². The minimum atomic E-state index is -0.505. The van der Waals surface area contributed by atoms with Crippen molar-refractivity contribution in [3.63, 3.8) is 0 Å². The maximum absolute atomic E-state index is 12.5. The van der Waals surface area contributed by atoms with E-state index in [9.17, 15) is 14.4 Å². The first-order valence-corrected chi connectivity index (χ1v) is 11.4. The van der Waals surface area contributed by atoms with Gasteiger partial charge in [0.1, 0.15) is 30.5 Å². The first-order valence-electron chi connectivity index (χ1n) is 11.4. The molecular formula is C29H26O8. The van der Waals surface area contributed by atoms with Crippen LogP contribution in [0.5, 0.6) is 17.2 Å². The highest BCUT2D eigenvalue weighted by Crippen LogP contribution is 2.25. The minimum absolute atomic E-state index is 0.0821. The molecule has 3 aromatic rings. The molecule has 0 heterocycles. The third-order valence-corrected chi connectivity index (χ3v) is 4.90. The van der Waals surface area contributed by atoms with Crippen molar-refractivity contribution in [2.75, 3.05) is 19.8 Å². The van der Waals surface area contributed by atoms with Crippen LogP contribution in [0, 0.1) is 0 Å². The van der Waals surface area contributed by atoms with Gasteiger partial charge in [0.2, 0.25) is 0 Å². The molecule has 0 aliphatic carbocycles. The average molecular weight is 503 g/mol. The molecule has 0 aliphatic heterocycles. The fourth-order valence-electron chi connectivity index (χ4n) is 3.08. The number of carbonyl (C=O) groups is 3. The van der Waals surface area contributed by atoms with Gasteiger partial charge >= 0.3 is 17.9 Å². The lowest BCUT2D eigenvalue weighted by molar-refractivity contribution is -0.139. The molecule has 0 spiro atoms. The molecule has 190 valence electrons. The summed E-state index contributed by atoms with van der Waals surface area (Å²) in [4.78, 5) is 34.8. The summed E-state index contributed by atoms with van der Waals surface area (Å²) in [5, 5.41) is 0. The zero-order chi connectivity index (χ0) is 26.5. The van der Waals surface area contributed by atoms with Crippen LogP contribution in [0.2, 0.25) is 0 Å². The van der Waals surface area contributed by atoms with E-state index in [1.54, 1.807) is 36.4 Å². The van der Waals surface area contributed by atoms with E-state index in [0.717, 1.165) is 23.5 Å². The Bertz CT molecular complexity index is 1210. The van der Waals surface area contributed by atoms with Gasteiger partial charge in [-0.15, -0.1) is 0 Å². The third-order valence-electron chi connectivity index (χ3n) is 4.90. The maximum Gasteiger partial charge on any atom is 0.343 e. The van der Waals surface area contributed by atoms with E-state index in [1.165, 1.54) is 0 Å². The van der Waals surface area contributed by atoms with E-state index in [0.29, 0.717) is 22.8 Å². The lowest BCUT2D eigenvalue weighted by Crippen LogP contribution is -2.10. The van der Waals surface area contributed by atoms with Crippen LogP contribution in [0.3, 0.4) is 0 Å². The van der Waals surface area contributed by atoms with Gasteiger partial charge in [-0.05, 0) is 59.7 Å². The van der Waals surface area contributed by atoms with E-state index >= 15 is 0 Å². The van der Waals surface area contributed by atoms with Crippen molar-refractivity contribution in [1.82, 2.24) is 0 Å². The molecule has 3 rings (SSSR count). The van der Waals surface area contributed by atoms with Gasteiger partial charge in [-0.25, -0.2) is 9.59 Å². The van der Waals surface area contributed by atoms with Gasteiger partial charge in [0.25, 0.3) is 0 Å². The van der Waals surface area contributed by atoms with Crippen LogP contribution in [0.15, 0.2) is 98.3 Å². The molecular weight excluding hydrogens is 476 g/mol. The summed E-state index contributed by atoms with van der Waals surface area (Å²) in [7, 11) is 0. The number of ether oxygens (including phenoxy) is 5. The predicted octanol–water partition coefficient (Wildman–Crippen LogP) is 5.14. The van der Waals surface area contributed by atoms with Crippen LogP contribution in [0.1, 0.15) is 16.8 Å². The summed E-state index contributed by atoms with van der Waals surface area (Å²) in [5.41, 5.74) is 2.25. The molecule has 8 heteroatoms. The van der Waals surface area contributed by atoms with Crippen molar-refractivity contribution in [1.29, 1.82) is 0 Å². The number of carbonyl (C=O) groups excluding carboxylic acids is 3. The molecule has 0 fully saturated rings. The van der Waals surface area contributed by atoms with Gasteiger partial charge in [0, 0.05) is 6.08 Å². The topological polar surface area (TPSA) is 97.4 Å². The Labute approximate surface area is 214 Å². The highest BCUT2D eigenvalue weighted by atomic mass is 16.6. The molecule has 0 atom stereocenters. The molecule has 8 nitrogen and oxygen atoms in total. The predicted molar refractivity (Wildman–Crippen MR) is 136 cm³/mol. The molecule has 0 radical (unpaired) electrons. The first-order chi connectivity index (χ1) is 18.0. The van der Waals surface area contributed by atoms with E-state index in [1.807, 2.05) is 36.4 Å².